The van der Waals surface area contributed by atoms with E-state index in [1.807, 2.05) is 12.1 Å². The van der Waals surface area contributed by atoms with Gasteiger partial charge in [-0.05, 0) is 80.4 Å². The molecule has 1 N–H and O–H groups in total. The van der Waals surface area contributed by atoms with E-state index in [4.69, 9.17) is 4.74 Å². The number of nitrogens with zero attached hydrogens (tertiary/aromatic N) is 2. The summed E-state index contributed by atoms with van der Waals surface area (Å²) in [7, 11) is 1.67. The number of hydrogen-bond acceptors (Lipinski definition) is 5. The Balaban J connectivity index is 1.23. The molecule has 31 heavy (non-hydrogen) atoms. The van der Waals surface area contributed by atoms with Gasteiger partial charge >= 0.3 is 0 Å². The first-order valence-electron chi connectivity index (χ1n) is 10.7. The molecule has 0 aliphatic carbocycles. The second-order valence-electron chi connectivity index (χ2n) is 8.28. The number of ether oxygens (including phenoxy) is 1. The average Bonchev–Trinajstić information content (AvgIpc) is 3.07. The van der Waals surface area contributed by atoms with Crippen molar-refractivity contribution in [3.05, 3.63) is 59.9 Å². The summed E-state index contributed by atoms with van der Waals surface area (Å²) in [5, 5.41) is 3.30. The summed E-state index contributed by atoms with van der Waals surface area (Å²) in [5.74, 6) is 0.453. The lowest BCUT2D eigenvalue weighted by atomic mass is 9.96. The molecular weight excluding hydrogens is 397 g/mol. The number of amides is 2. The van der Waals surface area contributed by atoms with Crippen LogP contribution in [0.25, 0.3) is 0 Å². The molecule has 2 heterocycles. The molecule has 4 rings (SSSR count). The van der Waals surface area contributed by atoms with Gasteiger partial charge in [-0.2, -0.15) is 0 Å². The zero-order valence-electron chi connectivity index (χ0n) is 17.7. The Morgan fingerprint density at radius 1 is 1.03 bits per heavy atom. The van der Waals surface area contributed by atoms with Crippen molar-refractivity contribution in [1.82, 2.24) is 10.2 Å². The van der Waals surface area contributed by atoms with E-state index in [1.54, 1.807) is 7.11 Å². The van der Waals surface area contributed by atoms with Gasteiger partial charge in [0.15, 0.2) is 0 Å². The maximum Gasteiger partial charge on any atom is 0.251 e. The molecule has 2 aliphatic heterocycles. The number of hydrogen-bond donors (Lipinski definition) is 1. The van der Waals surface area contributed by atoms with Gasteiger partial charge in [0.25, 0.3) is 5.91 Å². The number of carbonyl (C=O) groups excluding carboxylic acids is 2. The van der Waals surface area contributed by atoms with E-state index in [2.05, 4.69) is 22.3 Å². The molecule has 0 unspecified atom stereocenters. The number of likely N-dealkylation sites (tertiary alicyclic amines) is 1. The van der Waals surface area contributed by atoms with Gasteiger partial charge in [0.2, 0.25) is 5.91 Å². The number of methoxy groups -OCH3 is 1. The number of anilines is 1. The Morgan fingerprint density at radius 2 is 1.71 bits per heavy atom. The summed E-state index contributed by atoms with van der Waals surface area (Å²) in [6, 6.07) is 13.1. The molecule has 0 aromatic heterocycles. The highest BCUT2D eigenvalue weighted by Gasteiger charge is 2.39. The lowest BCUT2D eigenvalue weighted by Crippen LogP contribution is -2.43. The van der Waals surface area contributed by atoms with Crippen LogP contribution < -0.4 is 15.0 Å². The lowest BCUT2D eigenvalue weighted by molar-refractivity contribution is -0.121. The molecule has 7 heteroatoms. The number of imide groups is 1. The number of carbonyl (C=O) groups is 2. The third-order valence-electron chi connectivity index (χ3n) is 6.16. The molecule has 2 aliphatic rings. The molecule has 164 valence electrons. The van der Waals surface area contributed by atoms with E-state index in [0.717, 1.165) is 49.7 Å². The van der Waals surface area contributed by atoms with Gasteiger partial charge in [0.05, 0.1) is 25.3 Å². The highest BCUT2D eigenvalue weighted by molar-refractivity contribution is 6.22. The predicted octanol–water partition coefficient (Wildman–Crippen LogP) is 2.97. The van der Waals surface area contributed by atoms with Crippen LogP contribution in [0.4, 0.5) is 10.1 Å². The smallest absolute Gasteiger partial charge is 0.251 e. The van der Waals surface area contributed by atoms with Crippen molar-refractivity contribution in [3.63, 3.8) is 0 Å². The highest BCUT2D eigenvalue weighted by Crippen LogP contribution is 2.24. The van der Waals surface area contributed by atoms with Crippen LogP contribution in [-0.4, -0.2) is 49.5 Å². The van der Waals surface area contributed by atoms with Gasteiger partial charge in [0, 0.05) is 6.54 Å². The van der Waals surface area contributed by atoms with Crippen LogP contribution in [0.2, 0.25) is 0 Å². The van der Waals surface area contributed by atoms with Crippen LogP contribution in [0.15, 0.2) is 48.5 Å². The van der Waals surface area contributed by atoms with E-state index < -0.39 is 11.9 Å². The molecule has 6 nitrogen and oxygen atoms in total. The summed E-state index contributed by atoms with van der Waals surface area (Å²) < 4.78 is 18.4. The van der Waals surface area contributed by atoms with Crippen molar-refractivity contribution in [3.8, 4) is 5.75 Å². The van der Waals surface area contributed by atoms with Gasteiger partial charge in [-0.3, -0.25) is 14.5 Å². The first kappa shape index (κ1) is 21.5. The summed E-state index contributed by atoms with van der Waals surface area (Å²) in [6.45, 7) is 3.67. The first-order chi connectivity index (χ1) is 15.0. The molecule has 0 saturated carbocycles. The molecule has 2 amide bonds. The molecule has 2 aromatic rings. The molecule has 2 fully saturated rings. The minimum atomic E-state index is -0.505. The maximum absolute atomic E-state index is 13.1. The zero-order chi connectivity index (χ0) is 21.8. The number of nitrogens with one attached hydrogen (secondary N) is 1. The normalized spacial score (nSPS) is 20.5. The van der Waals surface area contributed by atoms with Gasteiger partial charge in [0.1, 0.15) is 11.6 Å². The molecule has 0 bridgehead atoms. The van der Waals surface area contributed by atoms with Gasteiger partial charge in [-0.25, -0.2) is 9.29 Å². The minimum Gasteiger partial charge on any atom is -0.497 e. The van der Waals surface area contributed by atoms with Crippen LogP contribution in [0.5, 0.6) is 5.75 Å². The highest BCUT2D eigenvalue weighted by atomic mass is 19.1. The average molecular weight is 426 g/mol. The fourth-order valence-corrected chi connectivity index (χ4v) is 4.30. The molecule has 0 radical (unpaired) electrons. The molecule has 2 aromatic carbocycles. The van der Waals surface area contributed by atoms with Crippen LogP contribution in [0.1, 0.15) is 24.8 Å². The Kier molecular flexibility index (Phi) is 6.63. The van der Waals surface area contributed by atoms with Gasteiger partial charge in [-0.1, -0.05) is 12.1 Å². The lowest BCUT2D eigenvalue weighted by Gasteiger charge is -2.32. The van der Waals surface area contributed by atoms with Crippen LogP contribution in [0, 0.1) is 11.7 Å². The molecule has 0 spiro atoms. The van der Waals surface area contributed by atoms with Crippen molar-refractivity contribution >= 4 is 17.5 Å². The quantitative estimate of drug-likeness (QED) is 0.691. The summed E-state index contributed by atoms with van der Waals surface area (Å²) >= 11 is 0. The third kappa shape index (κ3) is 5.11. The van der Waals surface area contributed by atoms with Crippen molar-refractivity contribution in [2.75, 3.05) is 31.6 Å². The fourth-order valence-electron chi connectivity index (χ4n) is 4.30. The standard InChI is InChI=1S/C24H28FN3O3/c1-31-21-8-2-18(3-9-21)16-27-12-10-17(11-13-27)15-26-22-14-23(29)28(24(22)30)20-6-4-19(25)5-7-20/h2-9,17,22,26H,10-16H2,1H3/t22-/m1/s1. The van der Waals surface area contributed by atoms with Crippen molar-refractivity contribution in [2.45, 2.75) is 31.8 Å². The van der Waals surface area contributed by atoms with E-state index in [1.165, 1.54) is 29.8 Å². The number of piperidine rings is 1. The van der Waals surface area contributed by atoms with Crippen LogP contribution in [-0.2, 0) is 16.1 Å². The number of rotatable bonds is 7. The van der Waals surface area contributed by atoms with Crippen LogP contribution in [0.3, 0.4) is 0 Å². The second-order valence-corrected chi connectivity index (χ2v) is 8.28. The topological polar surface area (TPSA) is 61.9 Å². The Morgan fingerprint density at radius 3 is 2.35 bits per heavy atom. The van der Waals surface area contributed by atoms with E-state index in [0.29, 0.717) is 11.6 Å². The molecule has 1 atom stereocenters. The van der Waals surface area contributed by atoms with E-state index >= 15 is 0 Å². The summed E-state index contributed by atoms with van der Waals surface area (Å²) in [6.07, 6.45) is 2.26. The number of benzene rings is 2. The zero-order valence-corrected chi connectivity index (χ0v) is 17.7. The fraction of sp³-hybridized carbons (Fsp3) is 0.417. The summed E-state index contributed by atoms with van der Waals surface area (Å²) in [5.41, 5.74) is 1.70. The Hall–Kier alpha value is -2.77. The molecular formula is C24H28FN3O3. The van der Waals surface area contributed by atoms with Crippen molar-refractivity contribution in [1.29, 1.82) is 0 Å². The Bertz CT molecular complexity index is 909. The van der Waals surface area contributed by atoms with E-state index in [9.17, 15) is 14.0 Å². The van der Waals surface area contributed by atoms with Gasteiger partial charge in [-0.15, -0.1) is 0 Å². The largest absolute Gasteiger partial charge is 0.497 e. The first-order valence-corrected chi connectivity index (χ1v) is 10.7. The van der Waals surface area contributed by atoms with Crippen molar-refractivity contribution < 1.29 is 18.7 Å². The monoisotopic (exact) mass is 425 g/mol. The van der Waals surface area contributed by atoms with Crippen LogP contribution >= 0.6 is 0 Å². The van der Waals surface area contributed by atoms with Gasteiger partial charge < -0.3 is 10.1 Å². The SMILES string of the molecule is COc1ccc(CN2CCC(CN[C@@H]3CC(=O)N(c4ccc(F)cc4)C3=O)CC2)cc1. The minimum absolute atomic E-state index is 0.145. The van der Waals surface area contributed by atoms with E-state index in [-0.39, 0.29) is 18.2 Å². The van der Waals surface area contributed by atoms with Crippen molar-refractivity contribution in [2.24, 2.45) is 5.92 Å². The third-order valence-corrected chi connectivity index (χ3v) is 6.16. The second kappa shape index (κ2) is 9.58. The summed E-state index contributed by atoms with van der Waals surface area (Å²) in [4.78, 5) is 28.7. The predicted molar refractivity (Wildman–Crippen MR) is 116 cm³/mol. The molecule has 2 saturated heterocycles. The Labute approximate surface area is 182 Å². The maximum atomic E-state index is 13.1. The number of halogens is 1.